The van der Waals surface area contributed by atoms with Gasteiger partial charge in [-0.3, -0.25) is 4.79 Å². The molecule has 0 aliphatic rings. The molecular weight excluding hydrogens is 263 g/mol. The lowest BCUT2D eigenvalue weighted by atomic mass is 10.2. The van der Waals surface area contributed by atoms with E-state index in [4.69, 9.17) is 5.73 Å². The quantitative estimate of drug-likeness (QED) is 0.889. The molecule has 1 atom stereocenters. The molecule has 0 aliphatic carbocycles. The lowest BCUT2D eigenvalue weighted by Gasteiger charge is -2.08. The Balaban J connectivity index is 2.71. The number of nitrogens with one attached hydrogen (secondary N) is 1. The van der Waals surface area contributed by atoms with E-state index in [-0.39, 0.29) is 24.1 Å². The van der Waals surface area contributed by atoms with Crippen molar-refractivity contribution in [2.24, 2.45) is 5.73 Å². The molecule has 1 amide bonds. The Bertz CT molecular complexity index is 368. The molecule has 0 bridgehead atoms. The number of amides is 1. The van der Waals surface area contributed by atoms with E-state index in [0.29, 0.717) is 4.47 Å². The van der Waals surface area contributed by atoms with Gasteiger partial charge in [0.15, 0.2) is 0 Å². The summed E-state index contributed by atoms with van der Waals surface area (Å²) in [6.07, 6.45) is 0.173. The topological polar surface area (TPSA) is 55.1 Å². The molecule has 3 nitrogen and oxygen atoms in total. The zero-order valence-corrected chi connectivity index (χ0v) is 9.84. The molecule has 1 unspecified atom stereocenters. The van der Waals surface area contributed by atoms with Gasteiger partial charge in [-0.2, -0.15) is 0 Å². The van der Waals surface area contributed by atoms with Crippen molar-refractivity contribution in [2.75, 3.05) is 5.32 Å². The molecule has 1 rings (SSSR count). The van der Waals surface area contributed by atoms with Crippen molar-refractivity contribution in [2.45, 2.75) is 19.4 Å². The van der Waals surface area contributed by atoms with E-state index in [1.807, 2.05) is 0 Å². The fourth-order valence-electron chi connectivity index (χ4n) is 1.09. The summed E-state index contributed by atoms with van der Waals surface area (Å²) in [5.41, 5.74) is 5.61. The van der Waals surface area contributed by atoms with Crippen LogP contribution in [0, 0.1) is 5.82 Å². The van der Waals surface area contributed by atoms with Gasteiger partial charge in [-0.25, -0.2) is 4.39 Å². The van der Waals surface area contributed by atoms with Gasteiger partial charge in [-0.1, -0.05) is 15.9 Å². The first-order valence-electron chi connectivity index (χ1n) is 4.49. The van der Waals surface area contributed by atoms with Gasteiger partial charge in [0.2, 0.25) is 5.91 Å². The second kappa shape index (κ2) is 5.23. The van der Waals surface area contributed by atoms with Crippen LogP contribution in [0.2, 0.25) is 0 Å². The molecule has 5 heteroatoms. The summed E-state index contributed by atoms with van der Waals surface area (Å²) >= 11 is 3.19. The highest BCUT2D eigenvalue weighted by Crippen LogP contribution is 2.20. The highest BCUT2D eigenvalue weighted by atomic mass is 79.9. The molecule has 0 heterocycles. The summed E-state index contributed by atoms with van der Waals surface area (Å²) in [6, 6.07) is 4.12. The highest BCUT2D eigenvalue weighted by Gasteiger charge is 2.08. The minimum Gasteiger partial charge on any atom is -0.327 e. The van der Waals surface area contributed by atoms with Gasteiger partial charge in [0.1, 0.15) is 5.82 Å². The van der Waals surface area contributed by atoms with Crippen LogP contribution in [0.5, 0.6) is 0 Å². The minimum atomic E-state index is -0.462. The lowest BCUT2D eigenvalue weighted by molar-refractivity contribution is -0.116. The summed E-state index contributed by atoms with van der Waals surface area (Å²) < 4.78 is 13.9. The highest BCUT2D eigenvalue weighted by molar-refractivity contribution is 9.10. The van der Waals surface area contributed by atoms with Crippen molar-refractivity contribution in [3.05, 3.63) is 28.5 Å². The molecule has 15 heavy (non-hydrogen) atoms. The van der Waals surface area contributed by atoms with E-state index in [1.54, 1.807) is 13.0 Å². The Morgan fingerprint density at radius 1 is 1.67 bits per heavy atom. The molecule has 1 aromatic rings. The molecule has 0 saturated carbocycles. The standard InChI is InChI=1S/C10H12BrFN2O/c1-6(13)4-10(15)14-9-5-7(11)2-3-8(9)12/h2-3,5-6H,4,13H2,1H3,(H,14,15). The first kappa shape index (κ1) is 12.1. The first-order chi connectivity index (χ1) is 6.99. The van der Waals surface area contributed by atoms with Crippen LogP contribution in [0.3, 0.4) is 0 Å². The van der Waals surface area contributed by atoms with Crippen molar-refractivity contribution in [3.63, 3.8) is 0 Å². The van der Waals surface area contributed by atoms with E-state index in [1.165, 1.54) is 12.1 Å². The minimum absolute atomic E-state index is 0.162. The molecule has 82 valence electrons. The third kappa shape index (κ3) is 3.97. The Hall–Kier alpha value is -0.940. The third-order valence-electron chi connectivity index (χ3n) is 1.71. The van der Waals surface area contributed by atoms with Crippen LogP contribution >= 0.6 is 15.9 Å². The molecule has 0 aromatic heterocycles. The molecule has 0 fully saturated rings. The molecule has 0 saturated heterocycles. The van der Waals surface area contributed by atoms with Gasteiger partial charge in [0.05, 0.1) is 5.69 Å². The number of carbonyl (C=O) groups is 1. The van der Waals surface area contributed by atoms with Gasteiger partial charge in [-0.15, -0.1) is 0 Å². The second-order valence-electron chi connectivity index (χ2n) is 3.35. The summed E-state index contributed by atoms with van der Waals surface area (Å²) in [6.45, 7) is 1.72. The van der Waals surface area contributed by atoms with Crippen LogP contribution in [-0.4, -0.2) is 11.9 Å². The largest absolute Gasteiger partial charge is 0.327 e. The lowest BCUT2D eigenvalue weighted by Crippen LogP contribution is -2.24. The number of anilines is 1. The van der Waals surface area contributed by atoms with Crippen LogP contribution in [0.4, 0.5) is 10.1 Å². The number of benzene rings is 1. The summed E-state index contributed by atoms with van der Waals surface area (Å²) in [5, 5.41) is 2.46. The van der Waals surface area contributed by atoms with Gasteiger partial charge < -0.3 is 11.1 Å². The van der Waals surface area contributed by atoms with E-state index in [2.05, 4.69) is 21.2 Å². The molecule has 0 spiro atoms. The predicted molar refractivity (Wildman–Crippen MR) is 61.0 cm³/mol. The number of hydrogen-bond donors (Lipinski definition) is 2. The third-order valence-corrected chi connectivity index (χ3v) is 2.20. The fourth-order valence-corrected chi connectivity index (χ4v) is 1.45. The number of nitrogens with two attached hydrogens (primary N) is 1. The van der Waals surface area contributed by atoms with E-state index < -0.39 is 5.82 Å². The maximum absolute atomic E-state index is 13.2. The number of halogens is 2. The van der Waals surface area contributed by atoms with Gasteiger partial charge in [-0.05, 0) is 25.1 Å². The maximum atomic E-state index is 13.2. The summed E-state index contributed by atoms with van der Waals surface area (Å²) in [5.74, 6) is -0.752. The fraction of sp³-hybridized carbons (Fsp3) is 0.300. The normalized spacial score (nSPS) is 12.3. The Morgan fingerprint density at radius 2 is 2.33 bits per heavy atom. The van der Waals surface area contributed by atoms with Crippen LogP contribution < -0.4 is 11.1 Å². The van der Waals surface area contributed by atoms with Gasteiger partial charge in [0, 0.05) is 16.9 Å². The molecule has 1 aromatic carbocycles. The predicted octanol–water partition coefficient (Wildman–Crippen LogP) is 2.26. The van der Waals surface area contributed by atoms with Crippen molar-refractivity contribution in [1.29, 1.82) is 0 Å². The monoisotopic (exact) mass is 274 g/mol. The Labute approximate surface area is 96.0 Å². The van der Waals surface area contributed by atoms with Crippen LogP contribution in [-0.2, 0) is 4.79 Å². The average molecular weight is 275 g/mol. The zero-order valence-electron chi connectivity index (χ0n) is 8.26. The number of rotatable bonds is 3. The first-order valence-corrected chi connectivity index (χ1v) is 5.29. The van der Waals surface area contributed by atoms with E-state index >= 15 is 0 Å². The zero-order chi connectivity index (χ0) is 11.4. The smallest absolute Gasteiger partial charge is 0.225 e. The van der Waals surface area contributed by atoms with Crippen molar-refractivity contribution < 1.29 is 9.18 Å². The molecular formula is C10H12BrFN2O. The second-order valence-corrected chi connectivity index (χ2v) is 4.27. The van der Waals surface area contributed by atoms with Crippen molar-refractivity contribution in [3.8, 4) is 0 Å². The number of hydrogen-bond acceptors (Lipinski definition) is 2. The van der Waals surface area contributed by atoms with Crippen LogP contribution in [0.1, 0.15) is 13.3 Å². The van der Waals surface area contributed by atoms with E-state index in [9.17, 15) is 9.18 Å². The Morgan fingerprint density at radius 3 is 2.93 bits per heavy atom. The van der Waals surface area contributed by atoms with Gasteiger partial charge >= 0.3 is 0 Å². The summed E-state index contributed by atoms with van der Waals surface area (Å²) in [4.78, 5) is 11.3. The summed E-state index contributed by atoms with van der Waals surface area (Å²) in [7, 11) is 0. The van der Waals surface area contributed by atoms with Gasteiger partial charge in [0.25, 0.3) is 0 Å². The molecule has 0 aliphatic heterocycles. The number of carbonyl (C=O) groups excluding carboxylic acids is 1. The van der Waals surface area contributed by atoms with Crippen molar-refractivity contribution >= 4 is 27.5 Å². The SMILES string of the molecule is CC(N)CC(=O)Nc1cc(Br)ccc1F. The van der Waals surface area contributed by atoms with Crippen LogP contribution in [0.25, 0.3) is 0 Å². The Kier molecular flexibility index (Phi) is 4.23. The van der Waals surface area contributed by atoms with Crippen LogP contribution in [0.15, 0.2) is 22.7 Å². The molecule has 0 radical (unpaired) electrons. The average Bonchev–Trinajstić information content (AvgIpc) is 2.10. The van der Waals surface area contributed by atoms with Crippen molar-refractivity contribution in [1.82, 2.24) is 0 Å². The maximum Gasteiger partial charge on any atom is 0.225 e. The molecule has 3 N–H and O–H groups in total. The van der Waals surface area contributed by atoms with E-state index in [0.717, 1.165) is 0 Å².